The molecule has 0 unspecified atom stereocenters. The Bertz CT molecular complexity index is 1020. The second-order valence-corrected chi connectivity index (χ2v) is 9.15. The molecule has 1 N–H and O–H groups in total. The standard InChI is InChI=1S/C25H22N2O2S2/c1-29-17-26-23(28)22-24(30-18-27-22)31-25(19-11-5-2-6-12-19,20-13-7-3-8-14-20)21-15-9-4-10-16-21/h2-16,18H,17H2,1H3,(H,26,28). The molecular weight excluding hydrogens is 424 g/mol. The molecule has 3 aromatic carbocycles. The van der Waals surface area contributed by atoms with Crippen LogP contribution >= 0.6 is 23.1 Å². The van der Waals surface area contributed by atoms with Crippen molar-refractivity contribution in [2.75, 3.05) is 13.8 Å². The largest absolute Gasteiger partial charge is 0.364 e. The maximum atomic E-state index is 12.7. The van der Waals surface area contributed by atoms with Crippen LogP contribution in [0.5, 0.6) is 0 Å². The number of ether oxygens (including phenoxy) is 1. The summed E-state index contributed by atoms with van der Waals surface area (Å²) >= 11 is 3.12. The summed E-state index contributed by atoms with van der Waals surface area (Å²) in [6.45, 7) is 0.141. The zero-order valence-electron chi connectivity index (χ0n) is 17.0. The van der Waals surface area contributed by atoms with Crippen LogP contribution in [0.15, 0.2) is 101 Å². The van der Waals surface area contributed by atoms with E-state index in [0.717, 1.165) is 20.9 Å². The van der Waals surface area contributed by atoms with Gasteiger partial charge in [0.25, 0.3) is 5.91 Å². The maximum Gasteiger partial charge on any atom is 0.273 e. The van der Waals surface area contributed by atoms with Crippen molar-refractivity contribution in [3.05, 3.63) is 119 Å². The Hall–Kier alpha value is -2.93. The summed E-state index contributed by atoms with van der Waals surface area (Å²) in [5.74, 6) is -0.242. The molecule has 4 nitrogen and oxygen atoms in total. The number of methoxy groups -OCH3 is 1. The van der Waals surface area contributed by atoms with E-state index in [9.17, 15) is 4.79 Å². The van der Waals surface area contributed by atoms with Crippen LogP contribution in [-0.2, 0) is 9.48 Å². The normalized spacial score (nSPS) is 11.3. The predicted molar refractivity (Wildman–Crippen MR) is 127 cm³/mol. The van der Waals surface area contributed by atoms with E-state index in [2.05, 4.69) is 83.1 Å². The van der Waals surface area contributed by atoms with Crippen LogP contribution in [-0.4, -0.2) is 24.7 Å². The SMILES string of the molecule is COCNC(=O)c1ncsc1SC(c1ccccc1)(c1ccccc1)c1ccccc1. The molecule has 0 radical (unpaired) electrons. The molecule has 0 saturated heterocycles. The zero-order chi connectivity index (χ0) is 21.5. The Morgan fingerprint density at radius 1 is 0.903 bits per heavy atom. The van der Waals surface area contributed by atoms with Gasteiger partial charge in [0.05, 0.1) is 14.5 Å². The topological polar surface area (TPSA) is 51.2 Å². The van der Waals surface area contributed by atoms with Crippen LogP contribution < -0.4 is 5.32 Å². The van der Waals surface area contributed by atoms with Crippen molar-refractivity contribution in [2.24, 2.45) is 0 Å². The first-order valence-electron chi connectivity index (χ1n) is 9.82. The van der Waals surface area contributed by atoms with Gasteiger partial charge in [-0.05, 0) is 16.7 Å². The monoisotopic (exact) mass is 446 g/mol. The Labute approximate surface area is 190 Å². The lowest BCUT2D eigenvalue weighted by molar-refractivity contribution is 0.0865. The van der Waals surface area contributed by atoms with Gasteiger partial charge in [0.15, 0.2) is 5.69 Å². The van der Waals surface area contributed by atoms with Gasteiger partial charge in [-0.25, -0.2) is 4.98 Å². The van der Waals surface area contributed by atoms with E-state index >= 15 is 0 Å². The van der Waals surface area contributed by atoms with Crippen molar-refractivity contribution < 1.29 is 9.53 Å². The van der Waals surface area contributed by atoms with Crippen LogP contribution in [0.1, 0.15) is 27.2 Å². The van der Waals surface area contributed by atoms with Gasteiger partial charge in [-0.15, -0.1) is 11.3 Å². The van der Waals surface area contributed by atoms with Gasteiger partial charge in [-0.3, -0.25) is 4.79 Å². The lowest BCUT2D eigenvalue weighted by Crippen LogP contribution is -2.28. The number of nitrogens with zero attached hydrogens (tertiary/aromatic N) is 1. The molecule has 4 aromatic rings. The second kappa shape index (κ2) is 9.92. The van der Waals surface area contributed by atoms with Gasteiger partial charge in [0.1, 0.15) is 6.73 Å². The summed E-state index contributed by atoms with van der Waals surface area (Å²) in [6.07, 6.45) is 0. The molecule has 1 heterocycles. The second-order valence-electron chi connectivity index (χ2n) is 6.81. The molecule has 1 amide bonds. The molecule has 1 aromatic heterocycles. The van der Waals surface area contributed by atoms with Gasteiger partial charge < -0.3 is 10.1 Å². The summed E-state index contributed by atoms with van der Waals surface area (Å²) in [7, 11) is 1.54. The number of benzene rings is 3. The van der Waals surface area contributed by atoms with E-state index in [1.165, 1.54) is 11.3 Å². The minimum absolute atomic E-state index is 0.141. The zero-order valence-corrected chi connectivity index (χ0v) is 18.7. The first kappa shape index (κ1) is 21.3. The number of rotatable bonds is 8. The summed E-state index contributed by atoms with van der Waals surface area (Å²) in [5, 5.41) is 2.75. The highest BCUT2D eigenvalue weighted by Crippen LogP contribution is 2.53. The highest BCUT2D eigenvalue weighted by atomic mass is 32.2. The molecule has 0 saturated carbocycles. The van der Waals surface area contributed by atoms with Crippen molar-refractivity contribution in [3.8, 4) is 0 Å². The number of hydrogen-bond donors (Lipinski definition) is 1. The number of amides is 1. The molecule has 0 aliphatic heterocycles. The average molecular weight is 447 g/mol. The van der Waals surface area contributed by atoms with E-state index in [4.69, 9.17) is 4.74 Å². The van der Waals surface area contributed by atoms with E-state index in [1.54, 1.807) is 24.4 Å². The number of thioether (sulfide) groups is 1. The van der Waals surface area contributed by atoms with Crippen molar-refractivity contribution in [1.82, 2.24) is 10.3 Å². The van der Waals surface area contributed by atoms with Crippen molar-refractivity contribution >= 4 is 29.0 Å². The number of carbonyl (C=O) groups excluding carboxylic acids is 1. The Morgan fingerprint density at radius 2 is 1.39 bits per heavy atom. The third-order valence-corrected chi connectivity index (χ3v) is 7.46. The fourth-order valence-electron chi connectivity index (χ4n) is 3.52. The lowest BCUT2D eigenvalue weighted by atomic mass is 9.84. The molecule has 31 heavy (non-hydrogen) atoms. The Kier molecular flexibility index (Phi) is 6.82. The third kappa shape index (κ3) is 4.42. The number of hydrogen-bond acceptors (Lipinski definition) is 5. The molecule has 0 spiro atoms. The van der Waals surface area contributed by atoms with Gasteiger partial charge in [0, 0.05) is 7.11 Å². The molecule has 0 fully saturated rings. The number of aromatic nitrogens is 1. The third-order valence-electron chi connectivity index (χ3n) is 4.91. The molecular formula is C25H22N2O2S2. The minimum Gasteiger partial charge on any atom is -0.364 e. The lowest BCUT2D eigenvalue weighted by Gasteiger charge is -2.35. The van der Waals surface area contributed by atoms with Crippen LogP contribution in [0.3, 0.4) is 0 Å². The maximum absolute atomic E-state index is 12.7. The first-order valence-corrected chi connectivity index (χ1v) is 11.5. The fraction of sp³-hybridized carbons (Fsp3) is 0.120. The molecule has 156 valence electrons. The number of thiazole rings is 1. The fourth-order valence-corrected chi connectivity index (χ4v) is 6.00. The van der Waals surface area contributed by atoms with Crippen molar-refractivity contribution in [2.45, 2.75) is 8.96 Å². The molecule has 0 aliphatic rings. The average Bonchev–Trinajstić information content (AvgIpc) is 3.31. The molecule has 6 heteroatoms. The smallest absolute Gasteiger partial charge is 0.273 e. The highest BCUT2D eigenvalue weighted by molar-refractivity contribution is 8.02. The molecule has 4 rings (SSSR count). The van der Waals surface area contributed by atoms with Crippen LogP contribution in [0, 0.1) is 0 Å². The summed E-state index contributed by atoms with van der Waals surface area (Å²) in [5.41, 5.74) is 5.53. The molecule has 0 bridgehead atoms. The minimum atomic E-state index is -0.549. The highest BCUT2D eigenvalue weighted by Gasteiger charge is 2.39. The first-order chi connectivity index (χ1) is 15.3. The van der Waals surface area contributed by atoms with Gasteiger partial charge in [-0.2, -0.15) is 0 Å². The van der Waals surface area contributed by atoms with E-state index < -0.39 is 4.75 Å². The summed E-state index contributed by atoms with van der Waals surface area (Å²) in [6, 6.07) is 31.2. The summed E-state index contributed by atoms with van der Waals surface area (Å²) in [4.78, 5) is 17.1. The molecule has 0 atom stereocenters. The van der Waals surface area contributed by atoms with E-state index in [1.807, 2.05) is 18.2 Å². The van der Waals surface area contributed by atoms with Crippen molar-refractivity contribution in [1.29, 1.82) is 0 Å². The van der Waals surface area contributed by atoms with Crippen LogP contribution in [0.2, 0.25) is 0 Å². The van der Waals surface area contributed by atoms with Gasteiger partial charge in [-0.1, -0.05) is 103 Å². The Balaban J connectivity index is 1.90. The Morgan fingerprint density at radius 3 is 1.84 bits per heavy atom. The van der Waals surface area contributed by atoms with Crippen molar-refractivity contribution in [3.63, 3.8) is 0 Å². The number of nitrogens with one attached hydrogen (secondary N) is 1. The van der Waals surface area contributed by atoms with E-state index in [-0.39, 0.29) is 12.6 Å². The van der Waals surface area contributed by atoms with Gasteiger partial charge in [0.2, 0.25) is 0 Å². The predicted octanol–water partition coefficient (Wildman–Crippen LogP) is 5.56. The van der Waals surface area contributed by atoms with Gasteiger partial charge >= 0.3 is 0 Å². The molecule has 0 aliphatic carbocycles. The van der Waals surface area contributed by atoms with E-state index in [0.29, 0.717) is 5.69 Å². The number of carbonyl (C=O) groups is 1. The van der Waals surface area contributed by atoms with Crippen LogP contribution in [0.25, 0.3) is 0 Å². The quantitative estimate of drug-likeness (QED) is 0.219. The van der Waals surface area contributed by atoms with Crippen LogP contribution in [0.4, 0.5) is 0 Å². The summed E-state index contributed by atoms with van der Waals surface area (Å²) < 4.78 is 5.30.